The number of hydrogen-bond acceptors (Lipinski definition) is 3. The van der Waals surface area contributed by atoms with Gasteiger partial charge in [-0.3, -0.25) is 4.79 Å². The first-order valence-corrected chi connectivity index (χ1v) is 4.39. The third kappa shape index (κ3) is 1.53. The number of rotatable bonds is 2. The van der Waals surface area contributed by atoms with Crippen LogP contribution in [0.4, 0.5) is 0 Å². The van der Waals surface area contributed by atoms with Gasteiger partial charge in [-0.1, -0.05) is 24.3 Å². The number of hydrogen-bond donors (Lipinski definition) is 0. The van der Waals surface area contributed by atoms with E-state index in [-0.39, 0.29) is 0 Å². The van der Waals surface area contributed by atoms with E-state index in [9.17, 15) is 4.79 Å². The molecule has 3 heteroatoms. The lowest BCUT2D eigenvalue weighted by atomic mass is 10.0. The first-order valence-electron chi connectivity index (χ1n) is 4.39. The summed E-state index contributed by atoms with van der Waals surface area (Å²) in [5.74, 6) is 0.472. The van der Waals surface area contributed by atoms with Crippen molar-refractivity contribution in [1.29, 1.82) is 5.26 Å². The minimum absolute atomic E-state index is 0.383. The summed E-state index contributed by atoms with van der Waals surface area (Å²) in [5.41, 5.74) is 0.573. The highest BCUT2D eigenvalue weighted by Crippen LogP contribution is 2.27. The lowest BCUT2D eigenvalue weighted by Crippen LogP contribution is -1.90. The zero-order valence-corrected chi connectivity index (χ0v) is 7.81. The molecule has 0 heterocycles. The van der Waals surface area contributed by atoms with Gasteiger partial charge in [0.15, 0.2) is 0 Å². The normalized spacial score (nSPS) is 9.53. The molecule has 0 aliphatic rings. The number of ether oxygens (including phenoxy) is 1. The molecule has 0 atom stereocenters. The molecule has 2 aromatic carbocycles. The minimum Gasteiger partial charge on any atom is -0.428 e. The number of nitrogens with zero attached hydrogens (tertiary/aromatic N) is 1. The maximum atomic E-state index is 10.3. The van der Waals surface area contributed by atoms with Crippen molar-refractivity contribution < 1.29 is 9.53 Å². The summed E-state index contributed by atoms with van der Waals surface area (Å²) >= 11 is 0. The monoisotopic (exact) mass is 197 g/mol. The molecule has 2 aromatic rings. The van der Waals surface area contributed by atoms with E-state index in [0.717, 1.165) is 10.8 Å². The van der Waals surface area contributed by atoms with E-state index in [1.807, 2.05) is 24.3 Å². The Hall–Kier alpha value is -2.34. The Labute approximate surface area is 86.5 Å². The molecule has 3 nitrogen and oxygen atoms in total. The Bertz CT molecular complexity index is 555. The van der Waals surface area contributed by atoms with Crippen LogP contribution in [-0.2, 0) is 4.79 Å². The minimum atomic E-state index is 0.383. The van der Waals surface area contributed by atoms with Crippen molar-refractivity contribution in [3.05, 3.63) is 42.0 Å². The molecule has 0 aliphatic carbocycles. The van der Waals surface area contributed by atoms with Crippen molar-refractivity contribution in [2.75, 3.05) is 0 Å². The summed E-state index contributed by atoms with van der Waals surface area (Å²) in [4.78, 5) is 10.3. The van der Waals surface area contributed by atoms with E-state index >= 15 is 0 Å². The molecular formula is C12H7NO2. The summed E-state index contributed by atoms with van der Waals surface area (Å²) in [6.45, 7) is 0.383. The fourth-order valence-electron chi connectivity index (χ4n) is 1.52. The van der Waals surface area contributed by atoms with Crippen molar-refractivity contribution in [1.82, 2.24) is 0 Å². The predicted octanol–water partition coefficient (Wildman–Crippen LogP) is 2.25. The zero-order chi connectivity index (χ0) is 10.7. The van der Waals surface area contributed by atoms with Gasteiger partial charge in [-0.05, 0) is 12.1 Å². The van der Waals surface area contributed by atoms with Gasteiger partial charge in [-0.2, -0.15) is 5.26 Å². The standard InChI is InChI=1S/C12H7NO2/c13-7-9-5-6-12(15-8-14)11-4-2-1-3-10(9)11/h1-6,8H. The van der Waals surface area contributed by atoms with Gasteiger partial charge in [-0.15, -0.1) is 0 Å². The van der Waals surface area contributed by atoms with E-state index in [4.69, 9.17) is 10.00 Å². The van der Waals surface area contributed by atoms with Gasteiger partial charge in [0, 0.05) is 10.8 Å². The molecule has 0 saturated heterocycles. The lowest BCUT2D eigenvalue weighted by Gasteiger charge is -2.04. The number of carbonyl (C=O) groups excluding carboxylic acids is 1. The molecule has 0 amide bonds. The predicted molar refractivity (Wildman–Crippen MR) is 55.4 cm³/mol. The molecule has 0 aliphatic heterocycles. The van der Waals surface area contributed by atoms with Crippen LogP contribution in [0, 0.1) is 11.3 Å². The quantitative estimate of drug-likeness (QED) is 0.694. The highest BCUT2D eigenvalue weighted by molar-refractivity contribution is 5.93. The van der Waals surface area contributed by atoms with E-state index in [0.29, 0.717) is 17.8 Å². The van der Waals surface area contributed by atoms with Crippen molar-refractivity contribution in [2.24, 2.45) is 0 Å². The van der Waals surface area contributed by atoms with Crippen LogP contribution in [0.3, 0.4) is 0 Å². The average Bonchev–Trinajstić information content (AvgIpc) is 2.30. The highest BCUT2D eigenvalue weighted by Gasteiger charge is 2.05. The first kappa shape index (κ1) is 9.22. The van der Waals surface area contributed by atoms with Gasteiger partial charge in [0.1, 0.15) is 5.75 Å². The van der Waals surface area contributed by atoms with E-state index in [2.05, 4.69) is 6.07 Å². The molecule has 0 N–H and O–H groups in total. The SMILES string of the molecule is N#Cc1ccc(OC=O)c2ccccc12. The Morgan fingerprint density at radius 2 is 1.87 bits per heavy atom. The Morgan fingerprint density at radius 1 is 1.13 bits per heavy atom. The van der Waals surface area contributed by atoms with Gasteiger partial charge < -0.3 is 4.74 Å². The van der Waals surface area contributed by atoms with Crippen LogP contribution in [0.15, 0.2) is 36.4 Å². The summed E-state index contributed by atoms with van der Waals surface area (Å²) in [5, 5.41) is 10.5. The second-order valence-corrected chi connectivity index (χ2v) is 2.98. The third-order valence-electron chi connectivity index (χ3n) is 2.18. The van der Waals surface area contributed by atoms with Gasteiger partial charge in [0.2, 0.25) is 0 Å². The molecule has 0 aromatic heterocycles. The smallest absolute Gasteiger partial charge is 0.298 e. The number of carbonyl (C=O) groups is 1. The number of benzene rings is 2. The molecule has 0 bridgehead atoms. The summed E-state index contributed by atoms with van der Waals surface area (Å²) in [6, 6.07) is 12.7. The Balaban J connectivity index is 2.78. The van der Waals surface area contributed by atoms with Gasteiger partial charge in [0.25, 0.3) is 6.47 Å². The highest BCUT2D eigenvalue weighted by atomic mass is 16.5. The molecule has 0 radical (unpaired) electrons. The fraction of sp³-hybridized carbons (Fsp3) is 0. The number of fused-ring (bicyclic) bond motifs is 1. The average molecular weight is 197 g/mol. The molecule has 0 unspecified atom stereocenters. The molecule has 0 saturated carbocycles. The van der Waals surface area contributed by atoms with Crippen LogP contribution in [-0.4, -0.2) is 6.47 Å². The van der Waals surface area contributed by atoms with E-state index < -0.39 is 0 Å². The molecular weight excluding hydrogens is 190 g/mol. The lowest BCUT2D eigenvalue weighted by molar-refractivity contribution is -0.120. The zero-order valence-electron chi connectivity index (χ0n) is 7.81. The van der Waals surface area contributed by atoms with Gasteiger partial charge in [-0.25, -0.2) is 0 Å². The van der Waals surface area contributed by atoms with Crippen LogP contribution < -0.4 is 4.74 Å². The van der Waals surface area contributed by atoms with Gasteiger partial charge >= 0.3 is 0 Å². The van der Waals surface area contributed by atoms with E-state index in [1.54, 1.807) is 12.1 Å². The van der Waals surface area contributed by atoms with Crippen molar-refractivity contribution >= 4 is 17.2 Å². The maximum absolute atomic E-state index is 10.3. The van der Waals surface area contributed by atoms with Crippen molar-refractivity contribution in [2.45, 2.75) is 0 Å². The molecule has 0 spiro atoms. The summed E-state index contributed by atoms with van der Waals surface area (Å²) in [6.07, 6.45) is 0. The molecule has 15 heavy (non-hydrogen) atoms. The van der Waals surface area contributed by atoms with Crippen molar-refractivity contribution in [3.63, 3.8) is 0 Å². The first-order chi connectivity index (χ1) is 7.36. The van der Waals surface area contributed by atoms with Crippen LogP contribution in [0.1, 0.15) is 5.56 Å². The summed E-state index contributed by atoms with van der Waals surface area (Å²) in [7, 11) is 0. The van der Waals surface area contributed by atoms with Crippen LogP contribution in [0.2, 0.25) is 0 Å². The fourth-order valence-corrected chi connectivity index (χ4v) is 1.52. The second-order valence-electron chi connectivity index (χ2n) is 2.98. The Kier molecular flexibility index (Phi) is 2.34. The molecule has 72 valence electrons. The Morgan fingerprint density at radius 3 is 2.53 bits per heavy atom. The van der Waals surface area contributed by atoms with Gasteiger partial charge in [0.05, 0.1) is 11.6 Å². The topological polar surface area (TPSA) is 50.1 Å². The van der Waals surface area contributed by atoms with Crippen molar-refractivity contribution in [3.8, 4) is 11.8 Å². The maximum Gasteiger partial charge on any atom is 0.298 e. The van der Waals surface area contributed by atoms with E-state index in [1.165, 1.54) is 0 Å². The third-order valence-corrected chi connectivity index (χ3v) is 2.18. The molecule has 0 fully saturated rings. The number of nitriles is 1. The largest absolute Gasteiger partial charge is 0.428 e. The van der Waals surface area contributed by atoms with Crippen LogP contribution >= 0.6 is 0 Å². The van der Waals surface area contributed by atoms with Crippen LogP contribution in [0.5, 0.6) is 5.75 Å². The molecule has 2 rings (SSSR count). The summed E-state index contributed by atoms with van der Waals surface area (Å²) < 4.78 is 4.83. The van der Waals surface area contributed by atoms with Crippen LogP contribution in [0.25, 0.3) is 10.8 Å². The second kappa shape index (κ2) is 3.81.